The monoisotopic (exact) mass is 563 g/mol. The molecule has 0 bridgehead atoms. The van der Waals surface area contributed by atoms with Crippen molar-refractivity contribution in [2.24, 2.45) is 0 Å². The van der Waals surface area contributed by atoms with E-state index in [0.717, 1.165) is 22.3 Å². The minimum atomic E-state index is -2.41. The average Bonchev–Trinajstić information content (AvgIpc) is 3.23. The summed E-state index contributed by atoms with van der Waals surface area (Å²) in [6.07, 6.45) is -2.26. The van der Waals surface area contributed by atoms with Gasteiger partial charge in [-0.25, -0.2) is 22.8 Å². The maximum atomic E-state index is 14.2. The van der Waals surface area contributed by atoms with Gasteiger partial charge >= 0.3 is 12.1 Å². The number of esters is 1. The van der Waals surface area contributed by atoms with E-state index in [0.29, 0.717) is 0 Å². The van der Waals surface area contributed by atoms with Crippen molar-refractivity contribution in [2.75, 3.05) is 6.61 Å². The molecule has 212 valence electrons. The number of alkyl carbamates (subject to hydrolysis) is 1. The Balaban J connectivity index is 1.54. The van der Waals surface area contributed by atoms with Crippen molar-refractivity contribution in [1.82, 2.24) is 5.32 Å². The molecule has 2 atom stereocenters. The molecular formula is C29H26F5NO5. The van der Waals surface area contributed by atoms with Crippen molar-refractivity contribution in [3.63, 3.8) is 0 Å². The summed E-state index contributed by atoms with van der Waals surface area (Å²) in [4.78, 5) is 25.8. The quantitative estimate of drug-likeness (QED) is 0.118. The van der Waals surface area contributed by atoms with Crippen molar-refractivity contribution >= 4 is 12.1 Å². The summed E-state index contributed by atoms with van der Waals surface area (Å²) in [5.74, 6) is -15.3. The van der Waals surface area contributed by atoms with Crippen molar-refractivity contribution < 1.29 is 45.8 Å². The van der Waals surface area contributed by atoms with Gasteiger partial charge in [-0.05, 0) is 49.9 Å². The van der Waals surface area contributed by atoms with Crippen LogP contribution in [0.15, 0.2) is 48.5 Å². The van der Waals surface area contributed by atoms with E-state index in [1.54, 1.807) is 20.8 Å². The first-order valence-electron chi connectivity index (χ1n) is 12.3. The lowest BCUT2D eigenvalue weighted by Gasteiger charge is -2.30. The normalized spacial score (nSPS) is 14.2. The predicted molar refractivity (Wildman–Crippen MR) is 134 cm³/mol. The van der Waals surface area contributed by atoms with Crippen molar-refractivity contribution in [1.29, 1.82) is 0 Å². The summed E-state index contributed by atoms with van der Waals surface area (Å²) in [6, 6.07) is 13.5. The number of carbonyl (C=O) groups is 2. The van der Waals surface area contributed by atoms with Crippen molar-refractivity contribution in [3.05, 3.63) is 88.7 Å². The van der Waals surface area contributed by atoms with E-state index < -0.39 is 64.6 Å². The molecule has 3 aromatic carbocycles. The maximum Gasteiger partial charge on any atom is 0.407 e. The molecule has 0 aliphatic heterocycles. The number of hydrogen-bond donors (Lipinski definition) is 1. The fourth-order valence-electron chi connectivity index (χ4n) is 4.60. The number of nitrogens with one attached hydrogen (secondary N) is 1. The molecule has 6 nitrogen and oxygen atoms in total. The molecule has 0 aromatic heterocycles. The van der Waals surface area contributed by atoms with Gasteiger partial charge in [0.1, 0.15) is 6.61 Å². The van der Waals surface area contributed by atoms with E-state index in [1.807, 2.05) is 48.5 Å². The number of rotatable bonds is 7. The molecule has 0 heterocycles. The molecule has 1 aliphatic carbocycles. The molecule has 11 heteroatoms. The molecule has 40 heavy (non-hydrogen) atoms. The number of fused-ring (bicyclic) bond motifs is 3. The van der Waals surface area contributed by atoms with Gasteiger partial charge in [0.2, 0.25) is 34.8 Å². The van der Waals surface area contributed by atoms with Gasteiger partial charge in [0, 0.05) is 5.92 Å². The Morgan fingerprint density at radius 3 is 1.80 bits per heavy atom. The Kier molecular flexibility index (Phi) is 8.15. The minimum absolute atomic E-state index is 0.117. The molecule has 0 fully saturated rings. The van der Waals surface area contributed by atoms with E-state index in [1.165, 1.54) is 6.92 Å². The van der Waals surface area contributed by atoms with Crippen LogP contribution in [0.2, 0.25) is 0 Å². The van der Waals surface area contributed by atoms with E-state index in [4.69, 9.17) is 9.47 Å². The van der Waals surface area contributed by atoms with Gasteiger partial charge < -0.3 is 19.5 Å². The summed E-state index contributed by atoms with van der Waals surface area (Å²) >= 11 is 0. The first-order valence-corrected chi connectivity index (χ1v) is 12.3. The molecule has 1 amide bonds. The molecule has 0 spiro atoms. The lowest BCUT2D eigenvalue weighted by molar-refractivity contribution is -0.144. The van der Waals surface area contributed by atoms with Crippen LogP contribution < -0.4 is 10.1 Å². The highest BCUT2D eigenvalue weighted by molar-refractivity contribution is 5.84. The SMILES string of the molecule is C[C@H](OC(C)(C)C)[C@H](NC(=O)OCC1c2ccccc2-c2ccccc21)C(=O)Oc1c(F)c(F)c(F)c(F)c1F. The molecular weight excluding hydrogens is 537 g/mol. The third kappa shape index (κ3) is 5.79. The number of halogens is 5. The van der Waals surface area contributed by atoms with Gasteiger partial charge in [0.15, 0.2) is 6.04 Å². The summed E-state index contributed by atoms with van der Waals surface area (Å²) < 4.78 is 84.7. The third-order valence-electron chi connectivity index (χ3n) is 6.25. The van der Waals surface area contributed by atoms with Crippen LogP contribution in [-0.2, 0) is 14.3 Å². The zero-order valence-electron chi connectivity index (χ0n) is 22.0. The van der Waals surface area contributed by atoms with Gasteiger partial charge in [0.25, 0.3) is 0 Å². The molecule has 0 saturated carbocycles. The largest absolute Gasteiger partial charge is 0.449 e. The van der Waals surface area contributed by atoms with Crippen LogP contribution in [0.1, 0.15) is 44.7 Å². The standard InChI is InChI=1S/C29H26F5NO5/c1-14(40-29(2,3)4)25(27(36)39-26-23(33)21(31)20(30)22(32)24(26)34)35-28(37)38-13-19-17-11-7-5-9-15(17)16-10-6-8-12-18(16)19/h5-12,14,19,25H,13H2,1-4H3,(H,35,37)/t14-,25-/m0/s1. The van der Waals surface area contributed by atoms with Gasteiger partial charge in [-0.1, -0.05) is 48.5 Å². The number of hydrogen-bond acceptors (Lipinski definition) is 5. The van der Waals surface area contributed by atoms with Crippen LogP contribution in [0.5, 0.6) is 5.75 Å². The van der Waals surface area contributed by atoms with Gasteiger partial charge in [0.05, 0.1) is 11.7 Å². The van der Waals surface area contributed by atoms with E-state index in [2.05, 4.69) is 10.1 Å². The van der Waals surface area contributed by atoms with Gasteiger partial charge in [-0.3, -0.25) is 0 Å². The van der Waals surface area contributed by atoms with Crippen LogP contribution in [0.3, 0.4) is 0 Å². The Morgan fingerprint density at radius 1 is 0.825 bits per heavy atom. The van der Waals surface area contributed by atoms with Crippen molar-refractivity contribution in [3.8, 4) is 16.9 Å². The summed E-state index contributed by atoms with van der Waals surface area (Å²) in [5.41, 5.74) is 2.99. The second-order valence-corrected chi connectivity index (χ2v) is 10.2. The number of benzene rings is 3. The number of carbonyl (C=O) groups excluding carboxylic acids is 2. The second-order valence-electron chi connectivity index (χ2n) is 10.2. The Labute approximate surface area is 227 Å². The molecule has 0 radical (unpaired) electrons. The molecule has 0 unspecified atom stereocenters. The lowest BCUT2D eigenvalue weighted by atomic mass is 9.98. The van der Waals surface area contributed by atoms with Gasteiger partial charge in [-0.15, -0.1) is 0 Å². The molecule has 1 N–H and O–H groups in total. The zero-order valence-corrected chi connectivity index (χ0v) is 22.0. The van der Waals surface area contributed by atoms with E-state index in [-0.39, 0.29) is 12.5 Å². The average molecular weight is 564 g/mol. The Morgan fingerprint density at radius 2 is 1.30 bits per heavy atom. The first-order chi connectivity index (χ1) is 18.8. The number of ether oxygens (including phenoxy) is 3. The van der Waals surface area contributed by atoms with Crippen LogP contribution in [-0.4, -0.2) is 36.4 Å². The summed E-state index contributed by atoms with van der Waals surface area (Å²) in [6.45, 7) is 6.17. The lowest BCUT2D eigenvalue weighted by Crippen LogP contribution is -2.52. The van der Waals surface area contributed by atoms with Crippen LogP contribution in [0.4, 0.5) is 26.7 Å². The Bertz CT molecular complexity index is 1380. The van der Waals surface area contributed by atoms with Crippen LogP contribution in [0.25, 0.3) is 11.1 Å². The summed E-state index contributed by atoms with van der Waals surface area (Å²) in [7, 11) is 0. The second kappa shape index (κ2) is 11.2. The van der Waals surface area contributed by atoms with Crippen LogP contribution in [0, 0.1) is 29.1 Å². The number of amides is 1. The maximum absolute atomic E-state index is 14.2. The third-order valence-corrected chi connectivity index (χ3v) is 6.25. The zero-order chi connectivity index (χ0) is 29.4. The highest BCUT2D eigenvalue weighted by atomic mass is 19.2. The highest BCUT2D eigenvalue weighted by Gasteiger charge is 2.36. The fourth-order valence-corrected chi connectivity index (χ4v) is 4.60. The smallest absolute Gasteiger partial charge is 0.407 e. The Hall–Kier alpha value is -3.99. The molecule has 4 rings (SSSR count). The van der Waals surface area contributed by atoms with E-state index >= 15 is 0 Å². The molecule has 1 aliphatic rings. The summed E-state index contributed by atoms with van der Waals surface area (Å²) in [5, 5.41) is 2.24. The molecule has 0 saturated heterocycles. The first kappa shape index (κ1) is 29.0. The topological polar surface area (TPSA) is 73.9 Å². The predicted octanol–water partition coefficient (Wildman–Crippen LogP) is 6.40. The fraction of sp³-hybridized carbons (Fsp3) is 0.310. The highest BCUT2D eigenvalue weighted by Crippen LogP contribution is 2.44. The minimum Gasteiger partial charge on any atom is -0.449 e. The van der Waals surface area contributed by atoms with E-state index in [9.17, 15) is 31.5 Å². The van der Waals surface area contributed by atoms with Crippen molar-refractivity contribution in [2.45, 2.75) is 51.4 Å². The van der Waals surface area contributed by atoms with Crippen LogP contribution >= 0.6 is 0 Å². The molecule has 3 aromatic rings. The van der Waals surface area contributed by atoms with Gasteiger partial charge in [-0.2, -0.15) is 8.78 Å².